The van der Waals surface area contributed by atoms with Crippen LogP contribution in [0.5, 0.6) is 0 Å². The zero-order valence-electron chi connectivity index (χ0n) is 19.7. The third-order valence-electron chi connectivity index (χ3n) is 3.53. The van der Waals surface area contributed by atoms with Crippen molar-refractivity contribution in [2.75, 3.05) is 26.4 Å². The van der Waals surface area contributed by atoms with Crippen molar-refractivity contribution in [3.05, 3.63) is 0 Å². The molecule has 0 aromatic heterocycles. The van der Waals surface area contributed by atoms with E-state index in [0.717, 1.165) is 13.2 Å². The van der Waals surface area contributed by atoms with Gasteiger partial charge in [-0.15, -0.1) is 0 Å². The zero-order valence-corrected chi connectivity index (χ0v) is 24.0. The highest BCUT2D eigenvalue weighted by Crippen LogP contribution is 2.25. The molecule has 0 fully saturated rings. The van der Waals surface area contributed by atoms with Gasteiger partial charge in [0, 0.05) is 40.3 Å². The quantitative estimate of drug-likeness (QED) is 0.361. The number of hydrogen-bond donors (Lipinski definition) is 0. The molecule has 4 unspecified atom stereocenters. The van der Waals surface area contributed by atoms with E-state index in [4.69, 9.17) is 30.7 Å². The Morgan fingerprint density at radius 1 is 0.690 bits per heavy atom. The molecule has 0 aromatic rings. The van der Waals surface area contributed by atoms with Gasteiger partial charge < -0.3 is 30.7 Å². The molecule has 4 atom stereocenters. The minimum atomic E-state index is -3.03. The SMILES string of the molecule is CCO[SiH](C)O[SiH](C)OCC.CCO[Si](C)(OC(C)=O)[Si](C)(OCC)OC(C)=O. The molecular formula is C16H40O9Si4. The Morgan fingerprint density at radius 2 is 1.00 bits per heavy atom. The van der Waals surface area contributed by atoms with Crippen LogP contribution in [-0.4, -0.2) is 73.1 Å². The van der Waals surface area contributed by atoms with Gasteiger partial charge in [0.1, 0.15) is 0 Å². The summed E-state index contributed by atoms with van der Waals surface area (Å²) >= 11 is 0. The molecule has 9 nitrogen and oxygen atoms in total. The molecule has 0 saturated heterocycles. The molecule has 0 amide bonds. The van der Waals surface area contributed by atoms with E-state index < -0.39 is 46.7 Å². The van der Waals surface area contributed by atoms with Crippen molar-refractivity contribution >= 4 is 46.7 Å². The molecule has 0 heterocycles. The summed E-state index contributed by atoms with van der Waals surface area (Å²) in [6, 6.07) is 0. The summed E-state index contributed by atoms with van der Waals surface area (Å²) in [6.07, 6.45) is 0. The number of carbonyl (C=O) groups excluding carboxylic acids is 2. The maximum atomic E-state index is 11.2. The number of carbonyl (C=O) groups is 2. The van der Waals surface area contributed by atoms with Crippen LogP contribution < -0.4 is 0 Å². The molecule has 0 aliphatic carbocycles. The van der Waals surface area contributed by atoms with Gasteiger partial charge >= 0.3 is 34.7 Å². The van der Waals surface area contributed by atoms with Crippen LogP contribution in [0.25, 0.3) is 0 Å². The van der Waals surface area contributed by atoms with Crippen LogP contribution in [0.1, 0.15) is 41.5 Å². The highest BCUT2D eigenvalue weighted by atomic mass is 29.3. The molecule has 0 bridgehead atoms. The minimum Gasteiger partial charge on any atom is -0.492 e. The lowest BCUT2D eigenvalue weighted by molar-refractivity contribution is -0.136. The van der Waals surface area contributed by atoms with Crippen LogP contribution in [-0.2, 0) is 40.3 Å². The first-order chi connectivity index (χ1) is 13.4. The molecule has 13 heteroatoms. The van der Waals surface area contributed by atoms with Crippen molar-refractivity contribution in [3.63, 3.8) is 0 Å². The van der Waals surface area contributed by atoms with Crippen molar-refractivity contribution in [2.24, 2.45) is 0 Å². The van der Waals surface area contributed by atoms with Gasteiger partial charge in [-0.2, -0.15) is 0 Å². The molecule has 29 heavy (non-hydrogen) atoms. The smallest absolute Gasteiger partial charge is 0.456 e. The summed E-state index contributed by atoms with van der Waals surface area (Å²) < 4.78 is 38.1. The fraction of sp³-hybridized carbons (Fsp3) is 0.875. The van der Waals surface area contributed by atoms with Gasteiger partial charge in [-0.25, -0.2) is 0 Å². The van der Waals surface area contributed by atoms with Crippen LogP contribution in [0.4, 0.5) is 0 Å². The average molecular weight is 489 g/mol. The standard InChI is InChI=1S/C10H22O6Si2.C6H18O3Si2/c1-7-13-17(5,15-9(3)11)18(6,14-8-2)16-10(4)12;1-5-7-10(3)9-11(4)8-6-2/h7-8H2,1-6H3;10-11H,5-6H2,1-4H3. The van der Waals surface area contributed by atoms with E-state index in [1.807, 2.05) is 26.9 Å². The van der Waals surface area contributed by atoms with Crippen LogP contribution in [0.3, 0.4) is 0 Å². The molecular weight excluding hydrogens is 449 g/mol. The van der Waals surface area contributed by atoms with Gasteiger partial charge in [0.05, 0.1) is 0 Å². The van der Waals surface area contributed by atoms with Crippen molar-refractivity contribution in [1.29, 1.82) is 0 Å². The normalized spacial score (nSPS) is 17.0. The second-order valence-electron chi connectivity index (χ2n) is 6.13. The maximum Gasteiger partial charge on any atom is 0.456 e. The second kappa shape index (κ2) is 16.3. The second-order valence-corrected chi connectivity index (χ2v) is 20.4. The molecule has 0 spiro atoms. The first kappa shape index (κ1) is 30.8. The van der Waals surface area contributed by atoms with Crippen molar-refractivity contribution < 1.29 is 40.3 Å². The molecule has 0 rings (SSSR count). The monoisotopic (exact) mass is 488 g/mol. The summed E-state index contributed by atoms with van der Waals surface area (Å²) in [7, 11) is -8.76. The lowest BCUT2D eigenvalue weighted by Gasteiger charge is -2.37. The third-order valence-corrected chi connectivity index (χ3v) is 19.3. The highest BCUT2D eigenvalue weighted by molar-refractivity contribution is 7.31. The van der Waals surface area contributed by atoms with Crippen LogP contribution in [0, 0.1) is 0 Å². The van der Waals surface area contributed by atoms with Crippen molar-refractivity contribution in [2.45, 2.75) is 67.7 Å². The van der Waals surface area contributed by atoms with Gasteiger partial charge in [-0.1, -0.05) is 0 Å². The first-order valence-corrected chi connectivity index (χ1v) is 19.8. The highest BCUT2D eigenvalue weighted by Gasteiger charge is 2.63. The largest absolute Gasteiger partial charge is 0.492 e. The topological polar surface area (TPSA) is 98.8 Å². The van der Waals surface area contributed by atoms with Crippen molar-refractivity contribution in [3.8, 4) is 0 Å². The molecule has 174 valence electrons. The summed E-state index contributed by atoms with van der Waals surface area (Å²) in [4.78, 5) is 22.5. The zero-order chi connectivity index (χ0) is 23.1. The van der Waals surface area contributed by atoms with E-state index >= 15 is 0 Å². The van der Waals surface area contributed by atoms with E-state index in [9.17, 15) is 9.59 Å². The minimum absolute atomic E-state index is 0.368. The summed E-state index contributed by atoms with van der Waals surface area (Å²) in [6.45, 7) is 19.9. The van der Waals surface area contributed by atoms with Crippen LogP contribution in [0.2, 0.25) is 26.2 Å². The van der Waals surface area contributed by atoms with Gasteiger partial charge in [0.15, 0.2) is 0 Å². The Balaban J connectivity index is 0. The lowest BCUT2D eigenvalue weighted by Crippen LogP contribution is -2.68. The maximum absolute atomic E-state index is 11.2. The fourth-order valence-electron chi connectivity index (χ4n) is 2.42. The fourth-order valence-corrected chi connectivity index (χ4v) is 13.8. The predicted octanol–water partition coefficient (Wildman–Crippen LogP) is 2.18. The van der Waals surface area contributed by atoms with E-state index in [0.29, 0.717) is 13.2 Å². The predicted molar refractivity (Wildman–Crippen MR) is 120 cm³/mol. The molecule has 0 aromatic carbocycles. The Labute approximate surface area is 181 Å². The van der Waals surface area contributed by atoms with Crippen LogP contribution >= 0.6 is 0 Å². The Hall–Kier alpha value is -0.392. The Kier molecular flexibility index (Phi) is 17.3. The lowest BCUT2D eigenvalue weighted by atomic mass is 10.9. The molecule has 0 N–H and O–H groups in total. The van der Waals surface area contributed by atoms with Gasteiger partial charge in [0.25, 0.3) is 11.9 Å². The van der Waals surface area contributed by atoms with Crippen LogP contribution in [0.15, 0.2) is 0 Å². The van der Waals surface area contributed by atoms with E-state index in [1.54, 1.807) is 26.9 Å². The summed E-state index contributed by atoms with van der Waals surface area (Å²) in [5.41, 5.74) is 0. The van der Waals surface area contributed by atoms with Gasteiger partial charge in [0.2, 0.25) is 0 Å². The van der Waals surface area contributed by atoms with E-state index in [2.05, 4.69) is 0 Å². The molecule has 0 aliphatic rings. The van der Waals surface area contributed by atoms with Crippen molar-refractivity contribution in [1.82, 2.24) is 0 Å². The molecule has 0 aliphatic heterocycles. The molecule has 0 radical (unpaired) electrons. The van der Waals surface area contributed by atoms with E-state index in [-0.39, 0.29) is 0 Å². The molecule has 0 saturated carbocycles. The summed E-state index contributed by atoms with van der Waals surface area (Å²) in [5, 5.41) is 0. The average Bonchev–Trinajstić information content (AvgIpc) is 2.54. The van der Waals surface area contributed by atoms with Gasteiger partial charge in [-0.05, 0) is 53.9 Å². The first-order valence-electron chi connectivity index (χ1n) is 9.96. The Bertz CT molecular complexity index is 432. The Morgan fingerprint density at radius 3 is 1.21 bits per heavy atom. The summed E-state index contributed by atoms with van der Waals surface area (Å²) in [5.74, 6) is -0.911. The van der Waals surface area contributed by atoms with E-state index in [1.165, 1.54) is 13.8 Å². The number of hydrogen-bond acceptors (Lipinski definition) is 9. The third kappa shape index (κ3) is 13.5. The van der Waals surface area contributed by atoms with Gasteiger partial charge in [-0.3, -0.25) is 9.59 Å². The number of rotatable bonds is 13.